The predicted octanol–water partition coefficient (Wildman–Crippen LogP) is 2.85. The zero-order chi connectivity index (χ0) is 33.6. The number of carbonyl (C=O) groups is 2. The second-order valence-corrected chi connectivity index (χ2v) is 12.6. The molecular formula is C31H45N5O8S. The number of hydrogen-bond acceptors (Lipinski definition) is 11. The van der Waals surface area contributed by atoms with Crippen molar-refractivity contribution in [3.8, 4) is 6.07 Å². The maximum absolute atomic E-state index is 13.4. The molecule has 1 aromatic carbocycles. The van der Waals surface area contributed by atoms with Gasteiger partial charge >= 0.3 is 5.97 Å². The number of piperidine rings is 1. The topological polar surface area (TPSA) is 182 Å². The van der Waals surface area contributed by atoms with Crippen molar-refractivity contribution in [3.63, 3.8) is 0 Å². The number of likely N-dealkylation sites (tertiary alicyclic amines) is 1. The van der Waals surface area contributed by atoms with Gasteiger partial charge in [0.05, 0.1) is 29.2 Å². The number of anilines is 1. The van der Waals surface area contributed by atoms with E-state index in [1.165, 1.54) is 29.2 Å². The number of sulfonamides is 1. The Bertz CT molecular complexity index is 1330. The van der Waals surface area contributed by atoms with Crippen LogP contribution in [0.2, 0.25) is 0 Å². The van der Waals surface area contributed by atoms with Crippen molar-refractivity contribution in [1.82, 2.24) is 9.21 Å². The van der Waals surface area contributed by atoms with Gasteiger partial charge < -0.3 is 24.6 Å². The van der Waals surface area contributed by atoms with Crippen molar-refractivity contribution in [2.45, 2.75) is 63.9 Å². The van der Waals surface area contributed by atoms with Crippen molar-refractivity contribution in [2.24, 2.45) is 22.9 Å². The smallest absolute Gasteiger partial charge is 0.330 e. The highest BCUT2D eigenvalue weighted by atomic mass is 32.2. The largest absolute Gasteiger partial charge is 0.461 e. The molecule has 0 radical (unpaired) electrons. The molecule has 0 saturated carbocycles. The van der Waals surface area contributed by atoms with Gasteiger partial charge in [0.2, 0.25) is 10.0 Å². The molecule has 1 saturated heterocycles. The Balaban J connectivity index is 2.24. The van der Waals surface area contributed by atoms with Gasteiger partial charge in [-0.25, -0.2) is 13.2 Å². The van der Waals surface area contributed by atoms with Crippen molar-refractivity contribution < 1.29 is 37.7 Å². The second kappa shape index (κ2) is 18.4. The van der Waals surface area contributed by atoms with Crippen LogP contribution >= 0.6 is 0 Å². The lowest BCUT2D eigenvalue weighted by Crippen LogP contribution is -2.57. The number of nitriles is 1. The molecule has 5 atom stereocenters. The average molecular weight is 648 g/mol. The number of hydrazone groups is 1. The van der Waals surface area contributed by atoms with Crippen LogP contribution in [0.15, 0.2) is 59.6 Å². The molecular weight excluding hydrogens is 602 g/mol. The molecule has 0 aromatic heterocycles. The van der Waals surface area contributed by atoms with E-state index in [9.17, 15) is 33.5 Å². The quantitative estimate of drug-likeness (QED) is 0.0664. The number of esters is 1. The molecule has 2 rings (SSSR count). The van der Waals surface area contributed by atoms with Crippen molar-refractivity contribution >= 4 is 33.3 Å². The standard InChI is InChI=1S/C31H45N5O8S/c1-6-10-11-23(7-2)21-36-30(39)26(20-32)22(5)29(31(36)40)34-33-24-12-14-25(15-13-24)45(41,42)35(16-18-43-27(37)8-3)17-19-44-28(38)9-4/h8-9,12-15,22-23,26-27,30,33,37,39H,3-4,6-7,10-11,16-19,21H2,1-2,5H3/b34-29+. The summed E-state index contributed by atoms with van der Waals surface area (Å²) >= 11 is 0. The molecule has 248 valence electrons. The summed E-state index contributed by atoms with van der Waals surface area (Å²) in [6.07, 6.45) is 3.33. The van der Waals surface area contributed by atoms with Crippen LogP contribution in [0.1, 0.15) is 46.5 Å². The summed E-state index contributed by atoms with van der Waals surface area (Å²) in [5.74, 6) is -2.50. The number of hydrogen-bond donors (Lipinski definition) is 3. The molecule has 1 aromatic rings. The van der Waals surface area contributed by atoms with Crippen LogP contribution < -0.4 is 5.43 Å². The SMILES string of the molecule is C=CC(=O)OCCN(CCOC(O)C=C)S(=O)(=O)c1ccc(N/N=C2/C(=O)N(CC(CC)CCCC)C(O)C(C#N)C2C)cc1. The molecule has 1 fully saturated rings. The van der Waals surface area contributed by atoms with Crippen molar-refractivity contribution in [2.75, 3.05) is 38.3 Å². The van der Waals surface area contributed by atoms with Gasteiger partial charge in [-0.3, -0.25) is 10.2 Å². The Morgan fingerprint density at radius 1 is 1.24 bits per heavy atom. The van der Waals surface area contributed by atoms with Crippen molar-refractivity contribution in [1.29, 1.82) is 5.26 Å². The van der Waals surface area contributed by atoms with E-state index in [-0.39, 0.29) is 42.8 Å². The van der Waals surface area contributed by atoms with E-state index >= 15 is 0 Å². The molecule has 0 bridgehead atoms. The minimum absolute atomic E-state index is 0.0707. The first kappa shape index (κ1) is 37.6. The molecule has 0 aliphatic carbocycles. The molecule has 14 heteroatoms. The highest BCUT2D eigenvalue weighted by Gasteiger charge is 2.44. The number of nitrogens with zero attached hydrogens (tertiary/aromatic N) is 4. The number of carbonyl (C=O) groups excluding carboxylic acids is 2. The van der Waals surface area contributed by atoms with Crippen LogP contribution in [-0.2, 0) is 29.1 Å². The van der Waals surface area contributed by atoms with Crippen molar-refractivity contribution in [3.05, 3.63) is 49.6 Å². The third-order valence-corrected chi connectivity index (χ3v) is 9.53. The van der Waals surface area contributed by atoms with E-state index in [1.54, 1.807) is 6.92 Å². The zero-order valence-electron chi connectivity index (χ0n) is 26.2. The highest BCUT2D eigenvalue weighted by Crippen LogP contribution is 2.29. The van der Waals surface area contributed by atoms with E-state index in [4.69, 9.17) is 9.47 Å². The van der Waals surface area contributed by atoms with E-state index in [0.717, 1.165) is 42.1 Å². The summed E-state index contributed by atoms with van der Waals surface area (Å²) in [5.41, 5.74) is 3.26. The Kier molecular flexibility index (Phi) is 15.3. The van der Waals surface area contributed by atoms with Gasteiger partial charge in [0.1, 0.15) is 18.5 Å². The van der Waals surface area contributed by atoms with Gasteiger partial charge in [-0.15, -0.1) is 0 Å². The lowest BCUT2D eigenvalue weighted by molar-refractivity contribution is -0.142. The van der Waals surface area contributed by atoms with Crippen LogP contribution in [0, 0.1) is 29.1 Å². The maximum atomic E-state index is 13.4. The predicted molar refractivity (Wildman–Crippen MR) is 169 cm³/mol. The summed E-state index contributed by atoms with van der Waals surface area (Å²) in [4.78, 5) is 26.1. The summed E-state index contributed by atoms with van der Waals surface area (Å²) < 4.78 is 37.9. The van der Waals surface area contributed by atoms with E-state index in [2.05, 4.69) is 36.7 Å². The highest BCUT2D eigenvalue weighted by molar-refractivity contribution is 7.89. The van der Waals surface area contributed by atoms with Gasteiger partial charge in [0, 0.05) is 31.6 Å². The Labute approximate surface area is 265 Å². The van der Waals surface area contributed by atoms with Gasteiger partial charge in [0.15, 0.2) is 6.29 Å². The minimum Gasteiger partial charge on any atom is -0.461 e. The molecule has 0 spiro atoms. The lowest BCUT2D eigenvalue weighted by Gasteiger charge is -2.40. The number of rotatable bonds is 19. The first-order chi connectivity index (χ1) is 21.4. The van der Waals surface area contributed by atoms with Crippen LogP contribution in [0.4, 0.5) is 5.69 Å². The molecule has 1 heterocycles. The fourth-order valence-electron chi connectivity index (χ4n) is 4.78. The van der Waals surface area contributed by atoms with Gasteiger partial charge in [-0.05, 0) is 42.7 Å². The van der Waals surface area contributed by atoms with Crippen LogP contribution in [-0.4, -0.2) is 90.8 Å². The normalized spacial score (nSPS) is 20.8. The van der Waals surface area contributed by atoms with E-state index in [1.807, 2.05) is 6.92 Å². The first-order valence-electron chi connectivity index (χ1n) is 15.0. The fourth-order valence-corrected chi connectivity index (χ4v) is 6.18. The minimum atomic E-state index is -4.08. The van der Waals surface area contributed by atoms with Gasteiger partial charge in [-0.1, -0.05) is 53.2 Å². The summed E-state index contributed by atoms with van der Waals surface area (Å²) in [5, 5.41) is 34.5. The monoisotopic (exact) mass is 647 g/mol. The second-order valence-electron chi connectivity index (χ2n) is 10.6. The Morgan fingerprint density at radius 2 is 1.91 bits per heavy atom. The lowest BCUT2D eigenvalue weighted by atomic mass is 9.83. The number of aliphatic hydroxyl groups excluding tert-OH is 2. The summed E-state index contributed by atoms with van der Waals surface area (Å²) in [6, 6.07) is 7.74. The van der Waals surface area contributed by atoms with Crippen LogP contribution in [0.3, 0.4) is 0 Å². The number of benzene rings is 1. The third kappa shape index (κ3) is 10.5. The average Bonchev–Trinajstić information content (AvgIpc) is 3.03. The summed E-state index contributed by atoms with van der Waals surface area (Å²) in [6.45, 7) is 12.1. The molecule has 45 heavy (non-hydrogen) atoms. The molecule has 5 unspecified atom stereocenters. The number of ether oxygens (including phenoxy) is 2. The maximum Gasteiger partial charge on any atom is 0.330 e. The van der Waals surface area contributed by atoms with Crippen LogP contribution in [0.5, 0.6) is 0 Å². The van der Waals surface area contributed by atoms with Crippen LogP contribution in [0.25, 0.3) is 0 Å². The number of unbranched alkanes of at least 4 members (excludes halogenated alkanes) is 1. The Morgan fingerprint density at radius 3 is 2.49 bits per heavy atom. The number of amides is 1. The third-order valence-electron chi connectivity index (χ3n) is 7.62. The summed E-state index contributed by atoms with van der Waals surface area (Å²) in [7, 11) is -4.08. The van der Waals surface area contributed by atoms with Gasteiger partial charge in [-0.2, -0.15) is 14.7 Å². The molecule has 1 aliphatic rings. The number of nitrogens with one attached hydrogen (secondary N) is 1. The van der Waals surface area contributed by atoms with Gasteiger partial charge in [0.25, 0.3) is 5.91 Å². The van der Waals surface area contributed by atoms with E-state index in [0.29, 0.717) is 12.2 Å². The Hall–Kier alpha value is -3.61. The van der Waals surface area contributed by atoms with E-state index < -0.39 is 46.3 Å². The molecule has 1 aliphatic heterocycles. The number of aliphatic hydroxyl groups is 2. The molecule has 1 amide bonds. The molecule has 13 nitrogen and oxygen atoms in total. The zero-order valence-corrected chi connectivity index (χ0v) is 27.0. The fraction of sp³-hybridized carbons (Fsp3) is 0.548. The first-order valence-corrected chi connectivity index (χ1v) is 16.4. The molecule has 3 N–H and O–H groups in total.